The van der Waals surface area contributed by atoms with Crippen LogP contribution in [0.4, 0.5) is 0 Å². The van der Waals surface area contributed by atoms with Crippen LogP contribution in [0.1, 0.15) is 0 Å². The van der Waals surface area contributed by atoms with Crippen LogP contribution >= 0.6 is 23.2 Å². The third-order valence-corrected chi connectivity index (χ3v) is 3.71. The molecule has 2 radical (unpaired) electrons. The van der Waals surface area contributed by atoms with Gasteiger partial charge in [0.15, 0.2) is 0 Å². The van der Waals surface area contributed by atoms with Crippen molar-refractivity contribution in [2.24, 2.45) is 0 Å². The molecule has 0 saturated heterocycles. The topological polar surface area (TPSA) is 0 Å². The molecule has 0 aliphatic rings. The second kappa shape index (κ2) is 5.70. The molecule has 0 spiro atoms. The fourth-order valence-corrected chi connectivity index (χ4v) is 2.55. The van der Waals surface area contributed by atoms with Crippen LogP contribution in [0.3, 0.4) is 0 Å². The summed E-state index contributed by atoms with van der Waals surface area (Å²) in [6, 6.07) is 25.7. The van der Waals surface area contributed by atoms with Gasteiger partial charge in [-0.3, -0.25) is 0 Å². The predicted octanol–water partition coefficient (Wildman–Crippen LogP) is 5.93. The minimum Gasteiger partial charge on any atom is -0.0837 e. The lowest BCUT2D eigenvalue weighted by molar-refractivity contribution is 1.57. The van der Waals surface area contributed by atoms with Crippen LogP contribution in [0.2, 0.25) is 10.0 Å². The normalized spacial score (nSPS) is 10.5. The van der Waals surface area contributed by atoms with Gasteiger partial charge in [-0.25, -0.2) is 0 Å². The van der Waals surface area contributed by atoms with E-state index in [0.717, 1.165) is 22.3 Å². The van der Waals surface area contributed by atoms with Gasteiger partial charge in [0.05, 0.1) is 0 Å². The average molecular weight is 297 g/mol. The molecule has 0 aliphatic carbocycles. The highest BCUT2D eigenvalue weighted by molar-refractivity contribution is 6.33. The largest absolute Gasteiger partial charge is 0.0837 e. The second-order valence-corrected chi connectivity index (χ2v) is 5.18. The van der Waals surface area contributed by atoms with Crippen LogP contribution in [-0.4, -0.2) is 0 Å². The number of halogens is 2. The molecule has 0 aromatic heterocycles. The van der Waals surface area contributed by atoms with Crippen molar-refractivity contribution in [3.63, 3.8) is 0 Å². The molecule has 0 amide bonds. The second-order valence-electron chi connectivity index (χ2n) is 4.37. The van der Waals surface area contributed by atoms with E-state index in [-0.39, 0.29) is 0 Å². The number of hydrogen-bond acceptors (Lipinski definition) is 0. The highest BCUT2D eigenvalue weighted by atomic mass is 35.5. The van der Waals surface area contributed by atoms with Crippen LogP contribution in [-0.2, 0) is 0 Å². The number of rotatable bonds is 2. The van der Waals surface area contributed by atoms with Gasteiger partial charge in [-0.1, -0.05) is 59.6 Å². The molecule has 0 aliphatic heterocycles. The van der Waals surface area contributed by atoms with E-state index in [0.29, 0.717) is 10.0 Å². The molecule has 0 atom stereocenters. The molecular weight excluding hydrogens is 287 g/mol. The van der Waals surface area contributed by atoms with Crippen molar-refractivity contribution in [2.45, 2.75) is 0 Å². The highest BCUT2D eigenvalue weighted by Crippen LogP contribution is 2.32. The van der Waals surface area contributed by atoms with Gasteiger partial charge in [-0.2, -0.15) is 0 Å². The summed E-state index contributed by atoms with van der Waals surface area (Å²) >= 11 is 12.5. The number of benzene rings is 3. The number of hydrogen-bond donors (Lipinski definition) is 0. The Morgan fingerprint density at radius 2 is 1.10 bits per heavy atom. The van der Waals surface area contributed by atoms with E-state index in [1.165, 1.54) is 0 Å². The minimum absolute atomic E-state index is 0.702. The zero-order valence-electron chi connectivity index (χ0n) is 10.5. The van der Waals surface area contributed by atoms with Crippen LogP contribution in [0.25, 0.3) is 22.3 Å². The summed E-state index contributed by atoms with van der Waals surface area (Å²) in [5, 5.41) is 1.40. The van der Waals surface area contributed by atoms with Crippen molar-refractivity contribution < 1.29 is 0 Å². The third-order valence-electron chi connectivity index (χ3n) is 3.05. The Morgan fingerprint density at radius 1 is 0.650 bits per heavy atom. The van der Waals surface area contributed by atoms with Crippen LogP contribution < -0.4 is 0 Å². The van der Waals surface area contributed by atoms with Crippen molar-refractivity contribution in [3.8, 4) is 22.3 Å². The van der Waals surface area contributed by atoms with Crippen molar-refractivity contribution >= 4 is 23.2 Å². The Kier molecular flexibility index (Phi) is 3.77. The molecule has 0 saturated carbocycles. The molecule has 0 nitrogen and oxygen atoms in total. The Bertz CT molecular complexity index is 687. The Hall–Kier alpha value is -1.76. The summed E-state index contributed by atoms with van der Waals surface area (Å²) in [5.41, 5.74) is 3.71. The van der Waals surface area contributed by atoms with Crippen molar-refractivity contribution in [3.05, 3.63) is 82.8 Å². The molecule has 0 heterocycles. The standard InChI is InChI=1S/C18H10Cl2/c19-17-10-3-1-8-15(17)13-6-5-7-14(12-13)16-9-2-4-11-18(16)20/h1-4,6-11H. The lowest BCUT2D eigenvalue weighted by Crippen LogP contribution is -1.84. The van der Waals surface area contributed by atoms with Crippen molar-refractivity contribution in [2.75, 3.05) is 0 Å². The van der Waals surface area contributed by atoms with Crippen LogP contribution in [0, 0.1) is 12.1 Å². The smallest absolute Gasteiger partial charge is 0.0484 e. The quantitative estimate of drug-likeness (QED) is 0.550. The minimum atomic E-state index is 0.702. The average Bonchev–Trinajstić information content (AvgIpc) is 2.48. The van der Waals surface area contributed by atoms with E-state index >= 15 is 0 Å². The molecular formula is C18H10Cl2. The molecule has 3 aromatic rings. The zero-order valence-corrected chi connectivity index (χ0v) is 12.0. The Balaban J connectivity index is 2.12. The molecule has 0 bridgehead atoms. The zero-order chi connectivity index (χ0) is 13.9. The highest BCUT2D eigenvalue weighted by Gasteiger charge is 2.07. The molecule has 0 fully saturated rings. The summed E-state index contributed by atoms with van der Waals surface area (Å²) in [6.45, 7) is 0. The monoisotopic (exact) mass is 296 g/mol. The third kappa shape index (κ3) is 2.58. The van der Waals surface area contributed by atoms with Crippen molar-refractivity contribution in [1.82, 2.24) is 0 Å². The summed E-state index contributed by atoms with van der Waals surface area (Å²) in [4.78, 5) is 0. The molecule has 2 heteroatoms. The molecule has 3 rings (SSSR count). The van der Waals surface area contributed by atoms with Crippen LogP contribution in [0.15, 0.2) is 60.7 Å². The van der Waals surface area contributed by atoms with Gasteiger partial charge in [0.1, 0.15) is 0 Å². The van der Waals surface area contributed by atoms with E-state index in [4.69, 9.17) is 23.2 Å². The van der Waals surface area contributed by atoms with Crippen molar-refractivity contribution in [1.29, 1.82) is 0 Å². The molecule has 0 N–H and O–H groups in total. The molecule has 0 unspecified atom stereocenters. The summed E-state index contributed by atoms with van der Waals surface area (Å²) < 4.78 is 0. The summed E-state index contributed by atoms with van der Waals surface area (Å²) in [6.07, 6.45) is 0. The lowest BCUT2D eigenvalue weighted by Gasteiger charge is -2.08. The van der Waals surface area contributed by atoms with Gasteiger partial charge in [0, 0.05) is 21.2 Å². The Labute approximate surface area is 128 Å². The Morgan fingerprint density at radius 3 is 1.55 bits per heavy atom. The molecule has 96 valence electrons. The van der Waals surface area contributed by atoms with Gasteiger partial charge < -0.3 is 0 Å². The van der Waals surface area contributed by atoms with Gasteiger partial charge in [-0.15, -0.1) is 0 Å². The first-order valence-electron chi connectivity index (χ1n) is 6.19. The van der Waals surface area contributed by atoms with E-state index in [2.05, 4.69) is 12.1 Å². The van der Waals surface area contributed by atoms with E-state index in [1.54, 1.807) is 0 Å². The maximum atomic E-state index is 6.23. The van der Waals surface area contributed by atoms with Gasteiger partial charge >= 0.3 is 0 Å². The van der Waals surface area contributed by atoms with Gasteiger partial charge in [0.2, 0.25) is 0 Å². The van der Waals surface area contributed by atoms with E-state index in [9.17, 15) is 0 Å². The van der Waals surface area contributed by atoms with Gasteiger partial charge in [-0.05, 0) is 47.5 Å². The predicted molar refractivity (Wildman–Crippen MR) is 85.0 cm³/mol. The summed E-state index contributed by atoms with van der Waals surface area (Å²) in [5.74, 6) is 0. The maximum absolute atomic E-state index is 6.23. The van der Waals surface area contributed by atoms with Crippen LogP contribution in [0.5, 0.6) is 0 Å². The van der Waals surface area contributed by atoms with E-state index < -0.39 is 0 Å². The van der Waals surface area contributed by atoms with E-state index in [1.807, 2.05) is 60.7 Å². The summed E-state index contributed by atoms with van der Waals surface area (Å²) in [7, 11) is 0. The first-order chi connectivity index (χ1) is 9.75. The molecule has 3 aromatic carbocycles. The maximum Gasteiger partial charge on any atom is 0.0484 e. The fraction of sp³-hybridized carbons (Fsp3) is 0. The fourth-order valence-electron chi connectivity index (χ4n) is 2.08. The first-order valence-corrected chi connectivity index (χ1v) is 6.94. The molecule has 20 heavy (non-hydrogen) atoms. The SMILES string of the molecule is Clc1ccccc1-c1[c]c(-c2ccccc2Cl)c[c]c1. The lowest BCUT2D eigenvalue weighted by atomic mass is 9.99. The van der Waals surface area contributed by atoms with Gasteiger partial charge in [0.25, 0.3) is 0 Å². The first kappa shape index (κ1) is 13.2.